The number of hydrogen-bond acceptors (Lipinski definition) is 5. The summed E-state index contributed by atoms with van der Waals surface area (Å²) in [6, 6.07) is 0.113. The Kier molecular flexibility index (Phi) is 5.39. The molecular formula is C17H26N4O4. The van der Waals surface area contributed by atoms with E-state index in [1.54, 1.807) is 11.9 Å². The third-order valence-corrected chi connectivity index (χ3v) is 5.26. The van der Waals surface area contributed by atoms with Crippen molar-refractivity contribution in [3.05, 3.63) is 32.6 Å². The Morgan fingerprint density at radius 3 is 2.68 bits per heavy atom. The molecule has 0 bridgehead atoms. The number of nitrogens with zero attached hydrogens (tertiary/aromatic N) is 3. The van der Waals surface area contributed by atoms with Gasteiger partial charge in [-0.3, -0.25) is 14.2 Å². The first-order chi connectivity index (χ1) is 12.0. The maximum atomic E-state index is 12.8. The van der Waals surface area contributed by atoms with Crippen molar-refractivity contribution in [2.24, 2.45) is 0 Å². The number of amides is 1. The third kappa shape index (κ3) is 3.85. The Bertz CT molecular complexity index is 727. The molecule has 1 aromatic heterocycles. The number of ether oxygens (including phenoxy) is 1. The van der Waals surface area contributed by atoms with Crippen LogP contribution in [0.4, 0.5) is 0 Å². The van der Waals surface area contributed by atoms with Gasteiger partial charge in [0, 0.05) is 25.9 Å². The second kappa shape index (κ2) is 7.53. The van der Waals surface area contributed by atoms with Crippen LogP contribution in [0.5, 0.6) is 0 Å². The van der Waals surface area contributed by atoms with E-state index in [0.717, 1.165) is 43.3 Å². The molecule has 1 atom stereocenters. The summed E-state index contributed by atoms with van der Waals surface area (Å²) >= 11 is 0. The second-order valence-electron chi connectivity index (χ2n) is 7.01. The highest BCUT2D eigenvalue weighted by Gasteiger charge is 2.27. The predicted molar refractivity (Wildman–Crippen MR) is 92.9 cm³/mol. The van der Waals surface area contributed by atoms with Gasteiger partial charge in [-0.15, -0.1) is 0 Å². The largest absolute Gasteiger partial charge is 0.376 e. The highest BCUT2D eigenvalue weighted by atomic mass is 16.5. The van der Waals surface area contributed by atoms with Crippen LogP contribution in [-0.2, 0) is 11.3 Å². The van der Waals surface area contributed by atoms with E-state index >= 15 is 0 Å². The molecule has 0 aromatic carbocycles. The molecule has 1 N–H and O–H groups in total. The molecule has 8 nitrogen and oxygen atoms in total. The van der Waals surface area contributed by atoms with Gasteiger partial charge in [-0.2, -0.15) is 0 Å². The highest BCUT2D eigenvalue weighted by molar-refractivity contribution is 5.93. The van der Waals surface area contributed by atoms with Crippen molar-refractivity contribution in [2.75, 3.05) is 33.8 Å². The first-order valence-electron chi connectivity index (χ1n) is 8.87. The van der Waals surface area contributed by atoms with Gasteiger partial charge < -0.3 is 19.5 Å². The lowest BCUT2D eigenvalue weighted by Gasteiger charge is -2.35. The number of aromatic nitrogens is 2. The number of carbonyl (C=O) groups excluding carboxylic acids is 1. The van der Waals surface area contributed by atoms with E-state index in [-0.39, 0.29) is 30.2 Å². The monoisotopic (exact) mass is 350 g/mol. The van der Waals surface area contributed by atoms with Gasteiger partial charge in [-0.25, -0.2) is 4.79 Å². The molecule has 8 heteroatoms. The SMILES string of the molecule is CN1CCC(N(C)C(=O)c2c[nH]c(=O)n(CC3CCCO3)c2=O)CC1. The highest BCUT2D eigenvalue weighted by Crippen LogP contribution is 2.16. The number of H-pyrrole nitrogens is 1. The standard InChI is InChI=1S/C17H26N4O4/c1-19-7-5-12(6-8-19)20(2)15(22)14-10-18-17(24)21(16(14)23)11-13-4-3-9-25-13/h10,12-13H,3-9,11H2,1-2H3,(H,18,24). The smallest absolute Gasteiger partial charge is 0.328 e. The van der Waals surface area contributed by atoms with Gasteiger partial charge in [0.15, 0.2) is 0 Å². The maximum Gasteiger partial charge on any atom is 0.328 e. The average molecular weight is 350 g/mol. The zero-order valence-electron chi connectivity index (χ0n) is 14.9. The van der Waals surface area contributed by atoms with Crippen molar-refractivity contribution >= 4 is 5.91 Å². The molecule has 0 radical (unpaired) electrons. The number of piperidine rings is 1. The van der Waals surface area contributed by atoms with Crippen LogP contribution in [0, 0.1) is 0 Å². The van der Waals surface area contributed by atoms with Crippen molar-refractivity contribution in [1.29, 1.82) is 0 Å². The number of aromatic amines is 1. The molecule has 1 amide bonds. The molecule has 1 unspecified atom stereocenters. The van der Waals surface area contributed by atoms with Crippen molar-refractivity contribution in [3.63, 3.8) is 0 Å². The fourth-order valence-electron chi connectivity index (χ4n) is 3.56. The molecule has 3 rings (SSSR count). The minimum absolute atomic E-state index is 0.0130. The van der Waals surface area contributed by atoms with Gasteiger partial charge in [-0.1, -0.05) is 0 Å². The topological polar surface area (TPSA) is 87.6 Å². The summed E-state index contributed by atoms with van der Waals surface area (Å²) in [5.74, 6) is -0.336. The molecule has 0 saturated carbocycles. The lowest BCUT2D eigenvalue weighted by molar-refractivity contribution is 0.0654. The van der Waals surface area contributed by atoms with E-state index in [1.165, 1.54) is 6.20 Å². The summed E-state index contributed by atoms with van der Waals surface area (Å²) in [5.41, 5.74) is -1.03. The van der Waals surface area contributed by atoms with Crippen molar-refractivity contribution in [2.45, 2.75) is 44.4 Å². The van der Waals surface area contributed by atoms with E-state index in [0.29, 0.717) is 6.61 Å². The first-order valence-corrected chi connectivity index (χ1v) is 8.87. The summed E-state index contributed by atoms with van der Waals surface area (Å²) in [5, 5.41) is 0. The van der Waals surface area contributed by atoms with Gasteiger partial charge in [-0.05, 0) is 45.8 Å². The number of nitrogens with one attached hydrogen (secondary N) is 1. The molecular weight excluding hydrogens is 324 g/mol. The minimum atomic E-state index is -0.538. The fraction of sp³-hybridized carbons (Fsp3) is 0.706. The first kappa shape index (κ1) is 17.9. The van der Waals surface area contributed by atoms with Gasteiger partial charge in [0.05, 0.1) is 12.6 Å². The normalized spacial score (nSPS) is 22.2. The summed E-state index contributed by atoms with van der Waals surface area (Å²) in [7, 11) is 3.79. The van der Waals surface area contributed by atoms with Crippen molar-refractivity contribution in [1.82, 2.24) is 19.4 Å². The van der Waals surface area contributed by atoms with Crippen LogP contribution in [0.25, 0.3) is 0 Å². The summed E-state index contributed by atoms with van der Waals surface area (Å²) < 4.78 is 6.60. The predicted octanol–water partition coefficient (Wildman–Crippen LogP) is -0.118. The fourth-order valence-corrected chi connectivity index (χ4v) is 3.56. The molecule has 138 valence electrons. The van der Waals surface area contributed by atoms with E-state index in [1.807, 2.05) is 0 Å². The molecule has 2 aliphatic rings. The molecule has 1 aromatic rings. The van der Waals surface area contributed by atoms with E-state index in [2.05, 4.69) is 16.9 Å². The number of hydrogen-bond donors (Lipinski definition) is 1. The quantitative estimate of drug-likeness (QED) is 0.818. The Morgan fingerprint density at radius 2 is 2.04 bits per heavy atom. The lowest BCUT2D eigenvalue weighted by atomic mass is 10.0. The van der Waals surface area contributed by atoms with Crippen LogP contribution >= 0.6 is 0 Å². The van der Waals surface area contributed by atoms with Gasteiger partial charge in [0.25, 0.3) is 11.5 Å². The zero-order chi connectivity index (χ0) is 18.0. The molecule has 2 aliphatic heterocycles. The van der Waals surface area contributed by atoms with E-state index in [9.17, 15) is 14.4 Å². The van der Waals surface area contributed by atoms with Crippen LogP contribution in [-0.4, -0.2) is 71.2 Å². The van der Waals surface area contributed by atoms with Crippen LogP contribution in [0.1, 0.15) is 36.0 Å². The van der Waals surface area contributed by atoms with Crippen LogP contribution in [0.3, 0.4) is 0 Å². The van der Waals surface area contributed by atoms with Crippen molar-refractivity contribution in [3.8, 4) is 0 Å². The number of rotatable bonds is 4. The van der Waals surface area contributed by atoms with Crippen LogP contribution < -0.4 is 11.2 Å². The molecule has 0 spiro atoms. The average Bonchev–Trinajstić information content (AvgIpc) is 3.11. The Hall–Kier alpha value is -1.93. The molecule has 0 aliphatic carbocycles. The van der Waals surface area contributed by atoms with Gasteiger partial charge >= 0.3 is 5.69 Å². The molecule has 25 heavy (non-hydrogen) atoms. The summed E-state index contributed by atoms with van der Waals surface area (Å²) in [6.45, 7) is 2.69. The van der Waals surface area contributed by atoms with Gasteiger partial charge in [0.2, 0.25) is 0 Å². The van der Waals surface area contributed by atoms with Gasteiger partial charge in [0.1, 0.15) is 5.56 Å². The molecule has 3 heterocycles. The Labute approximate surface area is 146 Å². The molecule has 2 saturated heterocycles. The Balaban J connectivity index is 1.80. The van der Waals surface area contributed by atoms with E-state index < -0.39 is 11.2 Å². The number of carbonyl (C=O) groups is 1. The zero-order valence-corrected chi connectivity index (χ0v) is 14.9. The van der Waals surface area contributed by atoms with Crippen molar-refractivity contribution < 1.29 is 9.53 Å². The second-order valence-corrected chi connectivity index (χ2v) is 7.01. The summed E-state index contributed by atoms with van der Waals surface area (Å²) in [4.78, 5) is 43.9. The Morgan fingerprint density at radius 1 is 1.32 bits per heavy atom. The lowest BCUT2D eigenvalue weighted by Crippen LogP contribution is -2.47. The van der Waals surface area contributed by atoms with E-state index in [4.69, 9.17) is 4.74 Å². The molecule has 2 fully saturated rings. The maximum absolute atomic E-state index is 12.8. The number of likely N-dealkylation sites (tertiary alicyclic amines) is 1. The van der Waals surface area contributed by atoms with Crippen LogP contribution in [0.2, 0.25) is 0 Å². The third-order valence-electron chi connectivity index (χ3n) is 5.26. The van der Waals surface area contributed by atoms with Crippen LogP contribution in [0.15, 0.2) is 15.8 Å². The minimum Gasteiger partial charge on any atom is -0.376 e. The summed E-state index contributed by atoms with van der Waals surface area (Å²) in [6.07, 6.45) is 4.60.